The van der Waals surface area contributed by atoms with Gasteiger partial charge in [0, 0.05) is 6.61 Å². The molecule has 1 N–H and O–H groups in total. The van der Waals surface area contributed by atoms with Gasteiger partial charge in [0.25, 0.3) is 0 Å². The maximum absolute atomic E-state index is 5.91. The minimum atomic E-state index is 0.554. The largest absolute Gasteiger partial charge is 0.378 e. The van der Waals surface area contributed by atoms with E-state index in [2.05, 4.69) is 12.2 Å². The van der Waals surface area contributed by atoms with Gasteiger partial charge in [-0.1, -0.05) is 19.8 Å². The van der Waals surface area contributed by atoms with Gasteiger partial charge in [-0.25, -0.2) is 0 Å². The van der Waals surface area contributed by atoms with Crippen molar-refractivity contribution in [3.8, 4) is 0 Å². The first kappa shape index (κ1) is 12.0. The molecule has 2 nitrogen and oxygen atoms in total. The van der Waals surface area contributed by atoms with Gasteiger partial charge in [0.15, 0.2) is 0 Å². The van der Waals surface area contributed by atoms with Crippen LogP contribution in [-0.2, 0) is 4.74 Å². The molecule has 0 radical (unpaired) electrons. The first-order chi connectivity index (χ1) is 6.84. The van der Waals surface area contributed by atoms with E-state index in [4.69, 9.17) is 4.74 Å². The Kier molecular flexibility index (Phi) is 6.20. The molecule has 1 saturated carbocycles. The van der Waals surface area contributed by atoms with Gasteiger partial charge in [-0.3, -0.25) is 0 Å². The first-order valence-electron chi connectivity index (χ1n) is 6.11. The molecule has 0 spiro atoms. The highest BCUT2D eigenvalue weighted by Gasteiger charge is 2.21. The van der Waals surface area contributed by atoms with Gasteiger partial charge >= 0.3 is 0 Å². The second kappa shape index (κ2) is 7.24. The average Bonchev–Trinajstić information content (AvgIpc) is 2.20. The van der Waals surface area contributed by atoms with E-state index in [0.717, 1.165) is 19.1 Å². The second-order valence-electron chi connectivity index (χ2n) is 4.48. The average molecular weight is 199 g/mol. The Morgan fingerprint density at radius 1 is 1.21 bits per heavy atom. The summed E-state index contributed by atoms with van der Waals surface area (Å²) in [5.74, 6) is 0.785. The summed E-state index contributed by atoms with van der Waals surface area (Å²) in [5, 5.41) is 3.16. The molecule has 1 rings (SSSR count). The van der Waals surface area contributed by atoms with Crippen LogP contribution in [0.3, 0.4) is 0 Å². The van der Waals surface area contributed by atoms with Crippen LogP contribution in [0.4, 0.5) is 0 Å². The molecule has 0 bridgehead atoms. The molecular formula is C12H25NO. The third-order valence-electron chi connectivity index (χ3n) is 3.19. The summed E-state index contributed by atoms with van der Waals surface area (Å²) < 4.78 is 5.91. The minimum Gasteiger partial charge on any atom is -0.378 e. The van der Waals surface area contributed by atoms with Gasteiger partial charge in [0.2, 0.25) is 0 Å². The van der Waals surface area contributed by atoms with Crippen LogP contribution in [0.2, 0.25) is 0 Å². The van der Waals surface area contributed by atoms with Crippen LogP contribution in [0.1, 0.15) is 45.4 Å². The quantitative estimate of drug-likeness (QED) is 0.664. The van der Waals surface area contributed by atoms with Crippen LogP contribution in [0.5, 0.6) is 0 Å². The molecule has 0 aromatic heterocycles. The van der Waals surface area contributed by atoms with Gasteiger partial charge in [-0.05, 0) is 45.2 Å². The molecule has 0 heterocycles. The topological polar surface area (TPSA) is 21.3 Å². The van der Waals surface area contributed by atoms with E-state index in [9.17, 15) is 0 Å². The van der Waals surface area contributed by atoms with Crippen molar-refractivity contribution in [2.45, 2.75) is 51.6 Å². The molecule has 2 heteroatoms. The number of hydrogen-bond acceptors (Lipinski definition) is 2. The lowest BCUT2D eigenvalue weighted by atomic mass is 9.88. The van der Waals surface area contributed by atoms with Crippen molar-refractivity contribution in [3.05, 3.63) is 0 Å². The molecule has 14 heavy (non-hydrogen) atoms. The van der Waals surface area contributed by atoms with E-state index in [0.29, 0.717) is 6.10 Å². The maximum atomic E-state index is 5.91. The van der Waals surface area contributed by atoms with Crippen molar-refractivity contribution in [2.24, 2.45) is 5.92 Å². The molecule has 1 fully saturated rings. The number of hydrogen-bond donors (Lipinski definition) is 1. The molecule has 84 valence electrons. The van der Waals surface area contributed by atoms with Crippen LogP contribution >= 0.6 is 0 Å². The number of ether oxygens (including phenoxy) is 1. The molecule has 1 aliphatic rings. The van der Waals surface area contributed by atoms with Gasteiger partial charge in [0.05, 0.1) is 6.10 Å². The van der Waals surface area contributed by atoms with Crippen molar-refractivity contribution < 1.29 is 4.74 Å². The van der Waals surface area contributed by atoms with Gasteiger partial charge in [0.1, 0.15) is 0 Å². The zero-order valence-corrected chi connectivity index (χ0v) is 9.72. The molecule has 0 aromatic carbocycles. The zero-order chi connectivity index (χ0) is 10.2. The molecule has 0 aliphatic heterocycles. The maximum Gasteiger partial charge on any atom is 0.0600 e. The Hall–Kier alpha value is -0.0800. The summed E-state index contributed by atoms with van der Waals surface area (Å²) in [5.41, 5.74) is 0. The van der Waals surface area contributed by atoms with E-state index in [-0.39, 0.29) is 0 Å². The molecular weight excluding hydrogens is 174 g/mol. The first-order valence-corrected chi connectivity index (χ1v) is 6.11. The van der Waals surface area contributed by atoms with Gasteiger partial charge in [-0.2, -0.15) is 0 Å². The van der Waals surface area contributed by atoms with Crippen molar-refractivity contribution in [1.29, 1.82) is 0 Å². The molecule has 2 atom stereocenters. The van der Waals surface area contributed by atoms with Gasteiger partial charge < -0.3 is 10.1 Å². The highest BCUT2D eigenvalue weighted by atomic mass is 16.5. The summed E-state index contributed by atoms with van der Waals surface area (Å²) in [6.07, 6.45) is 8.40. The Morgan fingerprint density at radius 3 is 2.71 bits per heavy atom. The predicted octanol–water partition coefficient (Wildman–Crippen LogP) is 2.58. The monoisotopic (exact) mass is 199 g/mol. The number of unbranched alkanes of at least 4 members (excludes halogenated alkanes) is 1. The Bertz CT molecular complexity index is 138. The van der Waals surface area contributed by atoms with Crippen LogP contribution in [0, 0.1) is 5.92 Å². The van der Waals surface area contributed by atoms with Gasteiger partial charge in [-0.15, -0.1) is 0 Å². The van der Waals surface area contributed by atoms with E-state index in [1.54, 1.807) is 0 Å². The number of rotatable bonds is 6. The lowest BCUT2D eigenvalue weighted by Crippen LogP contribution is -2.26. The van der Waals surface area contributed by atoms with Crippen LogP contribution in [0.15, 0.2) is 0 Å². The fourth-order valence-electron chi connectivity index (χ4n) is 2.17. The smallest absolute Gasteiger partial charge is 0.0600 e. The Labute approximate surface area is 88.4 Å². The molecule has 0 saturated heterocycles. The van der Waals surface area contributed by atoms with E-state index in [1.807, 2.05) is 7.05 Å². The summed E-state index contributed by atoms with van der Waals surface area (Å²) in [7, 11) is 2.00. The third kappa shape index (κ3) is 4.43. The number of nitrogens with one attached hydrogen (secondary N) is 1. The highest BCUT2D eigenvalue weighted by Crippen LogP contribution is 2.26. The lowest BCUT2D eigenvalue weighted by Gasteiger charge is -2.28. The van der Waals surface area contributed by atoms with E-state index >= 15 is 0 Å². The zero-order valence-electron chi connectivity index (χ0n) is 9.72. The van der Waals surface area contributed by atoms with E-state index in [1.165, 1.54) is 38.5 Å². The summed E-state index contributed by atoms with van der Waals surface area (Å²) in [6.45, 7) is 4.40. The Balaban J connectivity index is 1.99. The summed E-state index contributed by atoms with van der Waals surface area (Å²) in [4.78, 5) is 0. The van der Waals surface area contributed by atoms with Crippen molar-refractivity contribution in [1.82, 2.24) is 5.32 Å². The standard InChI is InChI=1S/C12H25NO/c1-11-7-3-4-8-12(11)14-10-6-5-9-13-2/h11-13H,3-10H2,1-2H3. The Morgan fingerprint density at radius 2 is 2.00 bits per heavy atom. The lowest BCUT2D eigenvalue weighted by molar-refractivity contribution is -0.00633. The third-order valence-corrected chi connectivity index (χ3v) is 3.19. The van der Waals surface area contributed by atoms with Crippen molar-refractivity contribution in [3.63, 3.8) is 0 Å². The van der Waals surface area contributed by atoms with Crippen LogP contribution in [-0.4, -0.2) is 26.3 Å². The molecule has 0 amide bonds. The van der Waals surface area contributed by atoms with E-state index < -0.39 is 0 Å². The van der Waals surface area contributed by atoms with Crippen LogP contribution in [0.25, 0.3) is 0 Å². The SMILES string of the molecule is CNCCCCOC1CCCCC1C. The normalized spacial score (nSPS) is 27.9. The summed E-state index contributed by atoms with van der Waals surface area (Å²) in [6, 6.07) is 0. The molecule has 1 aliphatic carbocycles. The molecule has 0 aromatic rings. The van der Waals surface area contributed by atoms with Crippen molar-refractivity contribution in [2.75, 3.05) is 20.2 Å². The predicted molar refractivity (Wildman–Crippen MR) is 60.5 cm³/mol. The van der Waals surface area contributed by atoms with Crippen LogP contribution < -0.4 is 5.32 Å². The van der Waals surface area contributed by atoms with Crippen molar-refractivity contribution >= 4 is 0 Å². The summed E-state index contributed by atoms with van der Waals surface area (Å²) >= 11 is 0. The second-order valence-corrected chi connectivity index (χ2v) is 4.48. The highest BCUT2D eigenvalue weighted by molar-refractivity contribution is 4.72. The fourth-order valence-corrected chi connectivity index (χ4v) is 2.17. The molecule has 2 unspecified atom stereocenters. The minimum absolute atomic E-state index is 0.554. The fraction of sp³-hybridized carbons (Fsp3) is 1.00.